The van der Waals surface area contributed by atoms with E-state index in [1.54, 1.807) is 12.1 Å². The van der Waals surface area contributed by atoms with Crippen molar-refractivity contribution in [1.82, 2.24) is 4.98 Å². The molecule has 5 atom stereocenters. The predicted octanol–water partition coefficient (Wildman–Crippen LogP) is 3.05. The van der Waals surface area contributed by atoms with Crippen molar-refractivity contribution in [3.05, 3.63) is 59.4 Å². The quantitative estimate of drug-likeness (QED) is 0.234. The number of carbonyl (C=O) groups is 5. The van der Waals surface area contributed by atoms with Crippen LogP contribution in [0.1, 0.15) is 56.1 Å². The Morgan fingerprint density at radius 1 is 0.800 bits per heavy atom. The van der Waals surface area contributed by atoms with Crippen LogP contribution in [-0.4, -0.2) is 70.2 Å². The molecule has 0 amide bonds. The summed E-state index contributed by atoms with van der Waals surface area (Å²) in [7, 11) is 0. The molecule has 1 aliphatic rings. The number of benzene rings is 1. The fourth-order valence-corrected chi connectivity index (χ4v) is 5.50. The molecule has 12 heteroatoms. The van der Waals surface area contributed by atoms with E-state index in [4.69, 9.17) is 23.7 Å². The van der Waals surface area contributed by atoms with Gasteiger partial charge in [0.15, 0.2) is 35.3 Å². The molecule has 40 heavy (non-hydrogen) atoms. The largest absolute Gasteiger partial charge is 0.473 e. The molecule has 1 fully saturated rings. The maximum atomic E-state index is 13.4. The minimum Gasteiger partial charge on any atom is -0.473 e. The first-order valence-electron chi connectivity index (χ1n) is 12.5. The average Bonchev–Trinajstić information content (AvgIpc) is 2.90. The van der Waals surface area contributed by atoms with Crippen LogP contribution in [0.3, 0.4) is 0 Å². The minimum atomic E-state index is -1.31. The van der Waals surface area contributed by atoms with Gasteiger partial charge in [-0.05, 0) is 18.1 Å². The first-order chi connectivity index (χ1) is 19.0. The van der Waals surface area contributed by atoms with Crippen molar-refractivity contribution in [3.63, 3.8) is 0 Å². The molecule has 1 saturated heterocycles. The summed E-state index contributed by atoms with van der Waals surface area (Å²) in [5.41, 5.74) is 0.618. The van der Waals surface area contributed by atoms with Crippen LogP contribution in [-0.2, 0) is 44.5 Å². The van der Waals surface area contributed by atoms with E-state index in [1.807, 2.05) is 19.1 Å². The fraction of sp³-hybridized carbons (Fsp3) is 0.429. The van der Waals surface area contributed by atoms with Crippen LogP contribution >= 0.6 is 11.8 Å². The van der Waals surface area contributed by atoms with E-state index < -0.39 is 52.9 Å². The van der Waals surface area contributed by atoms with E-state index in [2.05, 4.69) is 4.98 Å². The summed E-state index contributed by atoms with van der Waals surface area (Å²) in [6.07, 6.45) is -0.118. The van der Waals surface area contributed by atoms with Crippen molar-refractivity contribution in [3.8, 4) is 5.75 Å². The lowest BCUT2D eigenvalue weighted by Gasteiger charge is -2.43. The molecule has 3 rings (SSSR count). The summed E-state index contributed by atoms with van der Waals surface area (Å²) >= 11 is 1.04. The topological polar surface area (TPSA) is 144 Å². The van der Waals surface area contributed by atoms with Crippen LogP contribution in [0.15, 0.2) is 42.7 Å². The molecule has 11 nitrogen and oxygen atoms in total. The number of hydrogen-bond donors (Lipinski definition) is 0. The third-order valence-corrected chi connectivity index (χ3v) is 7.23. The number of aromatic nitrogens is 1. The van der Waals surface area contributed by atoms with Crippen molar-refractivity contribution in [2.24, 2.45) is 0 Å². The zero-order valence-corrected chi connectivity index (χ0v) is 23.6. The highest BCUT2D eigenvalue weighted by Crippen LogP contribution is 2.40. The zero-order chi connectivity index (χ0) is 29.4. The van der Waals surface area contributed by atoms with E-state index in [0.29, 0.717) is 5.56 Å². The molecule has 1 aliphatic heterocycles. The van der Waals surface area contributed by atoms with Gasteiger partial charge in [0.25, 0.3) is 0 Å². The first-order valence-corrected chi connectivity index (χ1v) is 13.5. The molecule has 5 unspecified atom stereocenters. The van der Waals surface area contributed by atoms with Crippen molar-refractivity contribution in [2.75, 3.05) is 6.61 Å². The Labute approximate surface area is 235 Å². The monoisotopic (exact) mass is 573 g/mol. The Morgan fingerprint density at radius 2 is 1.40 bits per heavy atom. The molecule has 214 valence electrons. The van der Waals surface area contributed by atoms with Gasteiger partial charge in [0, 0.05) is 39.5 Å². The standard InChI is InChI=1S/C28H31NO10S/c1-6-19-7-9-20(10-8-19)24(34)21-11-12-29-13-22(21)39-28-27(38-18(5)33)26(37-17(4)32)25(36-16(3)31)23(40-28)14-35-15(2)30/h7-13,23,25-28H,6,14H2,1-5H3. The van der Waals surface area contributed by atoms with Crippen molar-refractivity contribution >= 4 is 41.4 Å². The maximum absolute atomic E-state index is 13.4. The van der Waals surface area contributed by atoms with Crippen molar-refractivity contribution in [1.29, 1.82) is 0 Å². The number of aryl methyl sites for hydroxylation is 1. The fourth-order valence-electron chi connectivity index (χ4n) is 4.12. The van der Waals surface area contributed by atoms with E-state index in [-0.39, 0.29) is 23.7 Å². The Morgan fingerprint density at radius 3 is 1.98 bits per heavy atom. The van der Waals surface area contributed by atoms with Crippen LogP contribution in [0.2, 0.25) is 0 Å². The highest BCUT2D eigenvalue weighted by atomic mass is 32.2. The molecule has 0 radical (unpaired) electrons. The summed E-state index contributed by atoms with van der Waals surface area (Å²) in [5.74, 6) is -2.96. The van der Waals surface area contributed by atoms with Crippen LogP contribution < -0.4 is 4.74 Å². The number of ketones is 1. The molecule has 0 N–H and O–H groups in total. The normalized spacial score (nSPS) is 22.0. The Kier molecular flexibility index (Phi) is 10.7. The Bertz CT molecular complexity index is 1250. The third kappa shape index (κ3) is 8.04. The number of carbonyl (C=O) groups excluding carboxylic acids is 5. The number of ether oxygens (including phenoxy) is 5. The van der Waals surface area contributed by atoms with Gasteiger partial charge in [0.2, 0.25) is 0 Å². The molecule has 0 bridgehead atoms. The number of pyridine rings is 1. The number of thioether (sulfide) groups is 1. The molecule has 1 aromatic carbocycles. The van der Waals surface area contributed by atoms with Crippen molar-refractivity contribution < 1.29 is 47.7 Å². The molecular formula is C28H31NO10S. The number of rotatable bonds is 10. The second-order valence-corrected chi connectivity index (χ2v) is 10.3. The number of hydrogen-bond acceptors (Lipinski definition) is 12. The summed E-state index contributed by atoms with van der Waals surface area (Å²) in [6.45, 7) is 6.48. The van der Waals surface area contributed by atoms with Crippen molar-refractivity contribution in [2.45, 2.75) is 70.0 Å². The van der Waals surface area contributed by atoms with Crippen LogP contribution in [0.5, 0.6) is 5.75 Å². The molecule has 2 heterocycles. The smallest absolute Gasteiger partial charge is 0.303 e. The van der Waals surface area contributed by atoms with Gasteiger partial charge in [0.1, 0.15) is 6.61 Å². The predicted molar refractivity (Wildman–Crippen MR) is 143 cm³/mol. The molecule has 0 spiro atoms. The van der Waals surface area contributed by atoms with E-state index in [9.17, 15) is 24.0 Å². The number of esters is 4. The lowest BCUT2D eigenvalue weighted by Crippen LogP contribution is -2.59. The van der Waals surface area contributed by atoms with Crippen LogP contribution in [0.4, 0.5) is 0 Å². The zero-order valence-electron chi connectivity index (χ0n) is 22.8. The van der Waals surface area contributed by atoms with Crippen LogP contribution in [0, 0.1) is 0 Å². The van der Waals surface area contributed by atoms with Gasteiger partial charge in [0.05, 0.1) is 17.0 Å². The van der Waals surface area contributed by atoms with Gasteiger partial charge in [-0.25, -0.2) is 0 Å². The maximum Gasteiger partial charge on any atom is 0.303 e. The molecule has 0 saturated carbocycles. The molecule has 0 aliphatic carbocycles. The molecule has 2 aromatic rings. The van der Waals surface area contributed by atoms with Gasteiger partial charge in [-0.2, -0.15) is 0 Å². The summed E-state index contributed by atoms with van der Waals surface area (Å²) in [6, 6.07) is 8.67. The second kappa shape index (κ2) is 13.9. The lowest BCUT2D eigenvalue weighted by atomic mass is 10.0. The highest BCUT2D eigenvalue weighted by Gasteiger charge is 2.53. The molecule has 1 aromatic heterocycles. The lowest BCUT2D eigenvalue weighted by molar-refractivity contribution is -0.190. The van der Waals surface area contributed by atoms with E-state index in [1.165, 1.54) is 32.3 Å². The van der Waals surface area contributed by atoms with E-state index in [0.717, 1.165) is 37.6 Å². The van der Waals surface area contributed by atoms with Crippen LogP contribution in [0.25, 0.3) is 0 Å². The number of nitrogens with zero attached hydrogens (tertiary/aromatic N) is 1. The summed E-state index contributed by atoms with van der Waals surface area (Å²) < 4.78 is 27.9. The summed E-state index contributed by atoms with van der Waals surface area (Å²) in [4.78, 5) is 65.2. The van der Waals surface area contributed by atoms with Gasteiger partial charge >= 0.3 is 23.9 Å². The first kappa shape index (κ1) is 30.6. The third-order valence-electron chi connectivity index (χ3n) is 5.84. The average molecular weight is 574 g/mol. The Hall–Kier alpha value is -3.93. The summed E-state index contributed by atoms with van der Waals surface area (Å²) in [5, 5.41) is -0.786. The van der Waals surface area contributed by atoms with Gasteiger partial charge in [-0.3, -0.25) is 29.0 Å². The SMILES string of the molecule is CCc1ccc(C(=O)c2ccncc2OC2SC(COC(C)=O)C(OC(C)=O)C(OC(C)=O)C2OC(C)=O)cc1. The van der Waals surface area contributed by atoms with Gasteiger partial charge in [-0.1, -0.05) is 31.2 Å². The van der Waals surface area contributed by atoms with E-state index >= 15 is 0 Å². The Balaban J connectivity index is 2.02. The second-order valence-electron chi connectivity index (χ2n) is 8.94. The molecular weight excluding hydrogens is 542 g/mol. The minimum absolute atomic E-state index is 0.0838. The van der Waals surface area contributed by atoms with Gasteiger partial charge < -0.3 is 23.7 Å². The highest BCUT2D eigenvalue weighted by molar-refractivity contribution is 8.00. The van der Waals surface area contributed by atoms with Gasteiger partial charge in [-0.15, -0.1) is 11.8 Å².